The van der Waals surface area contributed by atoms with Gasteiger partial charge in [0.05, 0.1) is 4.92 Å². The third-order valence-corrected chi connectivity index (χ3v) is 8.38. The Bertz CT molecular complexity index is 894. The molecule has 31 heavy (non-hydrogen) atoms. The average molecular weight is 442 g/mol. The van der Waals surface area contributed by atoms with Crippen LogP contribution in [0.25, 0.3) is 0 Å². The van der Waals surface area contributed by atoms with E-state index in [1.54, 1.807) is 12.1 Å². The number of hydrogen-bond donors (Lipinski definition) is 0. The molecular weight excluding hydrogens is 402 g/mol. The van der Waals surface area contributed by atoms with Crippen molar-refractivity contribution >= 4 is 17.4 Å². The lowest BCUT2D eigenvalue weighted by atomic mass is 9.77. The first-order valence-corrected chi connectivity index (χ1v) is 12.1. The fourth-order valence-electron chi connectivity index (χ4n) is 3.76. The van der Waals surface area contributed by atoms with Crippen molar-refractivity contribution in [3.63, 3.8) is 0 Å². The van der Waals surface area contributed by atoms with Crippen LogP contribution in [0.5, 0.6) is 0 Å². The predicted molar refractivity (Wildman–Crippen MR) is 134 cm³/mol. The van der Waals surface area contributed by atoms with E-state index in [0.29, 0.717) is 17.8 Å². The summed E-state index contributed by atoms with van der Waals surface area (Å²) < 4.78 is -0.255. The topological polar surface area (TPSA) is 43.1 Å². The second kappa shape index (κ2) is 9.36. The van der Waals surface area contributed by atoms with Gasteiger partial charge in [-0.25, -0.2) is 0 Å². The van der Waals surface area contributed by atoms with Gasteiger partial charge < -0.3 is 0 Å². The van der Waals surface area contributed by atoms with Gasteiger partial charge >= 0.3 is 0 Å². The van der Waals surface area contributed by atoms with E-state index in [2.05, 4.69) is 81.4 Å². The number of hydrogen-bond acceptors (Lipinski definition) is 3. The summed E-state index contributed by atoms with van der Waals surface area (Å²) in [4.78, 5) is 12.2. The fraction of sp³-hybridized carbons (Fsp3) is 0.556. The molecule has 3 nitrogen and oxygen atoms in total. The van der Waals surface area contributed by atoms with Crippen LogP contribution in [0, 0.1) is 15.5 Å². The highest BCUT2D eigenvalue weighted by molar-refractivity contribution is 8.00. The molecule has 1 atom stereocenters. The van der Waals surface area contributed by atoms with Crippen LogP contribution in [0.1, 0.15) is 109 Å². The number of nitrogens with zero attached hydrogens (tertiary/aromatic N) is 1. The first-order chi connectivity index (χ1) is 14.2. The van der Waals surface area contributed by atoms with Gasteiger partial charge in [0.1, 0.15) is 0 Å². The zero-order valence-electron chi connectivity index (χ0n) is 20.9. The van der Waals surface area contributed by atoms with Gasteiger partial charge in [-0.1, -0.05) is 86.6 Å². The molecule has 1 unspecified atom stereocenters. The van der Waals surface area contributed by atoms with Crippen LogP contribution in [0.2, 0.25) is 0 Å². The maximum Gasteiger partial charge on any atom is 0.269 e. The van der Waals surface area contributed by atoms with Crippen molar-refractivity contribution in [2.45, 2.75) is 96.6 Å². The summed E-state index contributed by atoms with van der Waals surface area (Å²) in [6, 6.07) is 11.9. The van der Waals surface area contributed by atoms with Crippen LogP contribution >= 0.6 is 11.8 Å². The highest BCUT2D eigenvalue weighted by atomic mass is 32.2. The molecule has 170 valence electrons. The van der Waals surface area contributed by atoms with E-state index >= 15 is 0 Å². The van der Waals surface area contributed by atoms with Gasteiger partial charge in [-0.3, -0.25) is 10.1 Å². The summed E-state index contributed by atoms with van der Waals surface area (Å²) >= 11 is 1.93. The molecule has 0 aliphatic carbocycles. The Morgan fingerprint density at radius 1 is 0.806 bits per heavy atom. The van der Waals surface area contributed by atoms with Crippen molar-refractivity contribution in [1.82, 2.24) is 0 Å². The standard InChI is InChI=1S/C27H39NO2S/c1-17(2)20-15-23(18(3)4)25(24(16-20)19(5)6)31-27(10,26(7,8)9)21-11-13-22(14-12-21)28(29)30/h11-19H,1-10H3. The molecule has 0 fully saturated rings. The van der Waals surface area contributed by atoms with Gasteiger partial charge in [-0.15, -0.1) is 11.8 Å². The number of non-ortho nitro benzene ring substituents is 1. The molecular formula is C27H39NO2S. The SMILES string of the molecule is CC(C)c1cc(C(C)C)c(SC(C)(c2ccc([N+](=O)[O-])cc2)C(C)(C)C)c(C(C)C)c1. The van der Waals surface area contributed by atoms with Gasteiger partial charge in [0, 0.05) is 21.8 Å². The van der Waals surface area contributed by atoms with Crippen molar-refractivity contribution in [1.29, 1.82) is 0 Å². The summed E-state index contributed by atoms with van der Waals surface area (Å²) in [6.07, 6.45) is 0. The minimum absolute atomic E-state index is 0.0625. The van der Waals surface area contributed by atoms with E-state index in [9.17, 15) is 10.1 Å². The predicted octanol–water partition coefficient (Wildman–Crippen LogP) is 9.02. The minimum Gasteiger partial charge on any atom is -0.258 e. The van der Waals surface area contributed by atoms with E-state index in [-0.39, 0.29) is 20.8 Å². The Kier molecular flexibility index (Phi) is 7.68. The van der Waals surface area contributed by atoms with Gasteiger partial charge in [-0.05, 0) is 52.3 Å². The smallest absolute Gasteiger partial charge is 0.258 e. The monoisotopic (exact) mass is 441 g/mol. The lowest BCUT2D eigenvalue weighted by Crippen LogP contribution is -2.34. The van der Waals surface area contributed by atoms with Gasteiger partial charge in [0.25, 0.3) is 5.69 Å². The van der Waals surface area contributed by atoms with Crippen LogP contribution in [-0.2, 0) is 4.75 Å². The zero-order chi connectivity index (χ0) is 23.7. The number of thioether (sulfide) groups is 1. The molecule has 0 radical (unpaired) electrons. The Labute approximate surface area is 193 Å². The molecule has 0 bridgehead atoms. The third-order valence-electron chi connectivity index (χ3n) is 6.45. The highest BCUT2D eigenvalue weighted by Gasteiger charge is 2.41. The van der Waals surface area contributed by atoms with E-state index < -0.39 is 0 Å². The van der Waals surface area contributed by atoms with Crippen LogP contribution in [-0.4, -0.2) is 4.92 Å². The Morgan fingerprint density at radius 3 is 1.58 bits per heavy atom. The first-order valence-electron chi connectivity index (χ1n) is 11.3. The maximum atomic E-state index is 11.2. The molecule has 2 rings (SSSR count). The number of benzene rings is 2. The van der Waals surface area contributed by atoms with E-state index in [0.717, 1.165) is 5.56 Å². The molecule has 4 heteroatoms. The molecule has 2 aromatic rings. The van der Waals surface area contributed by atoms with Gasteiger partial charge in [0.2, 0.25) is 0 Å². The van der Waals surface area contributed by atoms with Crippen LogP contribution < -0.4 is 0 Å². The summed E-state index contributed by atoms with van der Waals surface area (Å²) in [5.74, 6) is 1.32. The van der Waals surface area contributed by atoms with Gasteiger partial charge in [0.15, 0.2) is 0 Å². The summed E-state index contributed by atoms with van der Waals surface area (Å²) in [5, 5.41) is 11.2. The molecule has 0 aromatic heterocycles. The molecule has 0 spiro atoms. The third kappa shape index (κ3) is 5.34. The Hall–Kier alpha value is -1.81. The van der Waals surface area contributed by atoms with Crippen molar-refractivity contribution < 1.29 is 4.92 Å². The Morgan fingerprint density at radius 2 is 1.26 bits per heavy atom. The van der Waals surface area contributed by atoms with E-state index in [1.165, 1.54) is 21.6 Å². The number of rotatable bonds is 7. The van der Waals surface area contributed by atoms with E-state index in [4.69, 9.17) is 0 Å². The van der Waals surface area contributed by atoms with Crippen LogP contribution in [0.15, 0.2) is 41.3 Å². The van der Waals surface area contributed by atoms with Crippen molar-refractivity contribution in [3.8, 4) is 0 Å². The zero-order valence-corrected chi connectivity index (χ0v) is 21.7. The molecule has 0 saturated heterocycles. The lowest BCUT2D eigenvalue weighted by molar-refractivity contribution is -0.384. The quantitative estimate of drug-likeness (QED) is 0.244. The molecule has 2 aromatic carbocycles. The van der Waals surface area contributed by atoms with Crippen molar-refractivity contribution in [2.75, 3.05) is 0 Å². The summed E-state index contributed by atoms with van der Waals surface area (Å²) in [5.41, 5.74) is 5.39. The highest BCUT2D eigenvalue weighted by Crippen LogP contribution is 2.55. The van der Waals surface area contributed by atoms with Crippen LogP contribution in [0.4, 0.5) is 5.69 Å². The summed E-state index contributed by atoms with van der Waals surface area (Å²) in [7, 11) is 0. The molecule has 0 N–H and O–H groups in total. The Balaban J connectivity index is 2.73. The molecule has 0 amide bonds. The average Bonchev–Trinajstić information content (AvgIpc) is 2.66. The minimum atomic E-state index is -0.330. The maximum absolute atomic E-state index is 11.2. The van der Waals surface area contributed by atoms with Crippen molar-refractivity contribution in [3.05, 3.63) is 68.8 Å². The lowest BCUT2D eigenvalue weighted by Gasteiger charge is -2.43. The number of nitro groups is 1. The second-order valence-corrected chi connectivity index (χ2v) is 12.1. The molecule has 0 aliphatic rings. The fourth-order valence-corrected chi connectivity index (χ4v) is 5.55. The number of nitro benzene ring substituents is 1. The largest absolute Gasteiger partial charge is 0.269 e. The second-order valence-electron chi connectivity index (χ2n) is 10.7. The molecule has 0 aliphatic heterocycles. The first kappa shape index (κ1) is 25.5. The van der Waals surface area contributed by atoms with Gasteiger partial charge in [-0.2, -0.15) is 0 Å². The molecule has 0 heterocycles. The van der Waals surface area contributed by atoms with Crippen LogP contribution in [0.3, 0.4) is 0 Å². The normalized spacial score (nSPS) is 14.4. The summed E-state index contributed by atoms with van der Waals surface area (Å²) in [6.45, 7) is 22.7. The molecule has 0 saturated carbocycles. The van der Waals surface area contributed by atoms with E-state index in [1.807, 2.05) is 23.9 Å². The van der Waals surface area contributed by atoms with Crippen molar-refractivity contribution in [2.24, 2.45) is 5.41 Å².